The molecule has 5 rings (SSSR count). The van der Waals surface area contributed by atoms with Gasteiger partial charge in [-0.2, -0.15) is 5.10 Å². The number of para-hydroxylation sites is 1. The maximum Gasteiger partial charge on any atom is 0.264 e. The molecule has 1 aliphatic rings. The molecule has 0 radical (unpaired) electrons. The Kier molecular flexibility index (Phi) is 5.29. The highest BCUT2D eigenvalue weighted by atomic mass is 16.5. The quantitative estimate of drug-likeness (QED) is 0.468. The number of rotatable bonds is 5. The van der Waals surface area contributed by atoms with Crippen molar-refractivity contribution in [3.63, 3.8) is 0 Å². The molecule has 168 valence electrons. The van der Waals surface area contributed by atoms with Gasteiger partial charge in [0.05, 0.1) is 26.1 Å². The number of hydrogen-bond acceptors (Lipinski definition) is 6. The van der Waals surface area contributed by atoms with E-state index in [4.69, 9.17) is 9.47 Å². The first-order valence-corrected chi connectivity index (χ1v) is 10.6. The van der Waals surface area contributed by atoms with Crippen LogP contribution < -0.4 is 15.0 Å². The summed E-state index contributed by atoms with van der Waals surface area (Å²) in [6.45, 7) is 0.934. The highest BCUT2D eigenvalue weighted by Crippen LogP contribution is 2.33. The Morgan fingerprint density at radius 2 is 1.79 bits per heavy atom. The molecule has 0 saturated heterocycles. The standard InChI is InChI=1S/C24H23N5O4/c1-32-20-10-16-8-9-27(13-17(16)11-21(20)33-2)22(30)14-28-15-25-23-19(24(28)31)12-26-29(23)18-6-4-3-5-7-18/h3-7,10-12,15H,8-9,13-14H2,1-2H3. The normalized spacial score (nSPS) is 13.1. The SMILES string of the molecule is COc1cc2c(cc1OC)CN(C(=O)Cn1cnc3c(cnn3-c3ccccc3)c1=O)CC2. The molecule has 9 nitrogen and oxygen atoms in total. The van der Waals surface area contributed by atoms with Crippen molar-refractivity contribution in [1.29, 1.82) is 0 Å². The summed E-state index contributed by atoms with van der Waals surface area (Å²) in [5.41, 5.74) is 3.12. The number of carbonyl (C=O) groups is 1. The Bertz CT molecular complexity index is 1390. The fourth-order valence-corrected chi connectivity index (χ4v) is 4.16. The second-order valence-corrected chi connectivity index (χ2v) is 7.85. The second-order valence-electron chi connectivity index (χ2n) is 7.85. The summed E-state index contributed by atoms with van der Waals surface area (Å²) in [5.74, 6) is 1.17. The Morgan fingerprint density at radius 3 is 2.52 bits per heavy atom. The third kappa shape index (κ3) is 3.71. The van der Waals surface area contributed by atoms with E-state index >= 15 is 0 Å². The fraction of sp³-hybridized carbons (Fsp3) is 0.250. The first kappa shape index (κ1) is 20.7. The third-order valence-electron chi connectivity index (χ3n) is 5.93. The van der Waals surface area contributed by atoms with Crippen LogP contribution in [0.4, 0.5) is 0 Å². The Balaban J connectivity index is 1.38. The van der Waals surface area contributed by atoms with Gasteiger partial charge in [-0.15, -0.1) is 0 Å². The van der Waals surface area contributed by atoms with Crippen LogP contribution in [0.2, 0.25) is 0 Å². The van der Waals surface area contributed by atoms with Crippen LogP contribution in [0.15, 0.2) is 59.8 Å². The minimum atomic E-state index is -0.292. The smallest absolute Gasteiger partial charge is 0.264 e. The predicted molar refractivity (Wildman–Crippen MR) is 122 cm³/mol. The van der Waals surface area contributed by atoms with E-state index < -0.39 is 0 Å². The van der Waals surface area contributed by atoms with Crippen molar-refractivity contribution >= 4 is 16.9 Å². The molecule has 0 aliphatic carbocycles. The lowest BCUT2D eigenvalue weighted by Crippen LogP contribution is -2.39. The lowest BCUT2D eigenvalue weighted by Gasteiger charge is -2.29. The summed E-state index contributed by atoms with van der Waals surface area (Å²) in [7, 11) is 3.19. The summed E-state index contributed by atoms with van der Waals surface area (Å²) in [6.07, 6.45) is 3.61. The number of ether oxygens (including phenoxy) is 2. The topological polar surface area (TPSA) is 91.5 Å². The minimum Gasteiger partial charge on any atom is -0.493 e. The zero-order chi connectivity index (χ0) is 22.9. The van der Waals surface area contributed by atoms with Crippen molar-refractivity contribution in [3.8, 4) is 17.2 Å². The number of amides is 1. The molecule has 9 heteroatoms. The lowest BCUT2D eigenvalue weighted by molar-refractivity contribution is -0.132. The summed E-state index contributed by atoms with van der Waals surface area (Å²) < 4.78 is 13.7. The number of benzene rings is 2. The summed E-state index contributed by atoms with van der Waals surface area (Å²) >= 11 is 0. The molecular formula is C24H23N5O4. The van der Waals surface area contributed by atoms with Gasteiger partial charge in [0.1, 0.15) is 18.3 Å². The van der Waals surface area contributed by atoms with Gasteiger partial charge in [0.25, 0.3) is 5.56 Å². The van der Waals surface area contributed by atoms with Crippen molar-refractivity contribution in [1.82, 2.24) is 24.2 Å². The van der Waals surface area contributed by atoms with Gasteiger partial charge >= 0.3 is 0 Å². The van der Waals surface area contributed by atoms with E-state index in [2.05, 4.69) is 10.1 Å². The van der Waals surface area contributed by atoms with Crippen LogP contribution in [0, 0.1) is 0 Å². The van der Waals surface area contributed by atoms with Gasteiger partial charge in [0.2, 0.25) is 5.91 Å². The first-order chi connectivity index (χ1) is 16.1. The van der Waals surface area contributed by atoms with Crippen molar-refractivity contribution < 1.29 is 14.3 Å². The number of fused-ring (bicyclic) bond motifs is 2. The van der Waals surface area contributed by atoms with Gasteiger partial charge < -0.3 is 14.4 Å². The van der Waals surface area contributed by atoms with E-state index in [1.54, 1.807) is 23.8 Å². The molecule has 0 N–H and O–H groups in total. The first-order valence-electron chi connectivity index (χ1n) is 10.6. The lowest BCUT2D eigenvalue weighted by atomic mass is 9.98. The van der Waals surface area contributed by atoms with Gasteiger partial charge in [-0.25, -0.2) is 9.67 Å². The number of carbonyl (C=O) groups excluding carboxylic acids is 1. The molecule has 0 saturated carbocycles. The summed E-state index contributed by atoms with van der Waals surface area (Å²) in [6, 6.07) is 13.3. The monoisotopic (exact) mass is 445 g/mol. The zero-order valence-electron chi connectivity index (χ0n) is 18.4. The third-order valence-corrected chi connectivity index (χ3v) is 5.93. The number of hydrogen-bond donors (Lipinski definition) is 0. The van der Waals surface area contributed by atoms with Gasteiger partial charge in [0.15, 0.2) is 17.1 Å². The molecule has 4 aromatic rings. The predicted octanol–water partition coefficient (Wildman–Crippen LogP) is 2.18. The van der Waals surface area contributed by atoms with E-state index in [1.807, 2.05) is 42.5 Å². The number of nitrogens with zero attached hydrogens (tertiary/aromatic N) is 5. The highest BCUT2D eigenvalue weighted by molar-refractivity contribution is 5.78. The molecule has 0 spiro atoms. The number of methoxy groups -OCH3 is 2. The van der Waals surface area contributed by atoms with E-state index in [0.717, 1.165) is 16.8 Å². The van der Waals surface area contributed by atoms with Crippen LogP contribution >= 0.6 is 0 Å². The molecule has 0 bridgehead atoms. The summed E-state index contributed by atoms with van der Waals surface area (Å²) in [5, 5.41) is 4.69. The van der Waals surface area contributed by atoms with E-state index in [-0.39, 0.29) is 18.0 Å². The van der Waals surface area contributed by atoms with Crippen molar-refractivity contribution in [3.05, 3.63) is 76.5 Å². The van der Waals surface area contributed by atoms with Crippen molar-refractivity contribution in [2.45, 2.75) is 19.5 Å². The molecule has 2 aromatic carbocycles. The van der Waals surface area contributed by atoms with Crippen LogP contribution in [0.3, 0.4) is 0 Å². The molecule has 0 unspecified atom stereocenters. The van der Waals surface area contributed by atoms with Crippen LogP contribution in [0.5, 0.6) is 11.5 Å². The van der Waals surface area contributed by atoms with E-state index in [1.165, 1.54) is 17.1 Å². The largest absolute Gasteiger partial charge is 0.493 e. The molecule has 0 fully saturated rings. The van der Waals surface area contributed by atoms with Gasteiger partial charge in [0, 0.05) is 13.1 Å². The Labute approximate surface area is 189 Å². The second kappa shape index (κ2) is 8.42. The fourth-order valence-electron chi connectivity index (χ4n) is 4.16. The van der Waals surface area contributed by atoms with E-state index in [9.17, 15) is 9.59 Å². The van der Waals surface area contributed by atoms with Gasteiger partial charge in [-0.3, -0.25) is 14.2 Å². The van der Waals surface area contributed by atoms with Crippen LogP contribution in [0.25, 0.3) is 16.7 Å². The molecule has 1 aliphatic heterocycles. The van der Waals surface area contributed by atoms with E-state index in [0.29, 0.717) is 42.0 Å². The zero-order valence-corrected chi connectivity index (χ0v) is 18.4. The average Bonchev–Trinajstić information content (AvgIpc) is 3.30. The van der Waals surface area contributed by atoms with Crippen LogP contribution in [-0.2, 0) is 24.3 Å². The van der Waals surface area contributed by atoms with Crippen LogP contribution in [0.1, 0.15) is 11.1 Å². The Hall–Kier alpha value is -4.14. The Morgan fingerprint density at radius 1 is 1.06 bits per heavy atom. The molecule has 2 aromatic heterocycles. The average molecular weight is 445 g/mol. The van der Waals surface area contributed by atoms with Crippen molar-refractivity contribution in [2.75, 3.05) is 20.8 Å². The molecule has 0 atom stereocenters. The molecular weight excluding hydrogens is 422 g/mol. The van der Waals surface area contributed by atoms with Gasteiger partial charge in [-0.05, 0) is 41.8 Å². The van der Waals surface area contributed by atoms with Gasteiger partial charge in [-0.1, -0.05) is 18.2 Å². The van der Waals surface area contributed by atoms with Crippen molar-refractivity contribution in [2.24, 2.45) is 0 Å². The molecule has 33 heavy (non-hydrogen) atoms. The maximum absolute atomic E-state index is 13.0. The molecule has 3 heterocycles. The molecule has 1 amide bonds. The summed E-state index contributed by atoms with van der Waals surface area (Å²) in [4.78, 5) is 32.2. The minimum absolute atomic E-state index is 0.0824. The van der Waals surface area contributed by atoms with Crippen LogP contribution in [-0.4, -0.2) is 50.9 Å². The number of aromatic nitrogens is 4. The highest BCUT2D eigenvalue weighted by Gasteiger charge is 2.24. The maximum atomic E-state index is 13.0.